The fourth-order valence-corrected chi connectivity index (χ4v) is 2.77. The number of methoxy groups -OCH3 is 1. The number of hydrogen-bond acceptors (Lipinski definition) is 4. The molecule has 0 saturated heterocycles. The Bertz CT molecular complexity index is 811. The number of carbonyl (C=O) groups is 2. The molecule has 2 aromatic rings. The number of nitrogens with zero attached hydrogens (tertiary/aromatic N) is 1. The minimum Gasteiger partial charge on any atom is -0.497 e. The number of ether oxygens (including phenoxy) is 1. The molecule has 27 heavy (non-hydrogen) atoms. The van der Waals surface area contributed by atoms with Crippen molar-refractivity contribution in [2.45, 2.75) is 13.8 Å². The second-order valence-corrected chi connectivity index (χ2v) is 6.53. The Hall–Kier alpha value is -2.57. The number of rotatable bonds is 8. The Balaban J connectivity index is 1.89. The van der Waals surface area contributed by atoms with E-state index in [0.29, 0.717) is 28.7 Å². The van der Waals surface area contributed by atoms with Crippen molar-refractivity contribution < 1.29 is 14.3 Å². The summed E-state index contributed by atoms with van der Waals surface area (Å²) in [5, 5.41) is 6.29. The highest BCUT2D eigenvalue weighted by Crippen LogP contribution is 2.19. The van der Waals surface area contributed by atoms with Crippen LogP contribution in [0.15, 0.2) is 42.5 Å². The van der Waals surface area contributed by atoms with Crippen LogP contribution in [0.1, 0.15) is 12.5 Å². The summed E-state index contributed by atoms with van der Waals surface area (Å²) in [6, 6.07) is 12.4. The number of anilines is 2. The Morgan fingerprint density at radius 3 is 2.41 bits per heavy atom. The van der Waals surface area contributed by atoms with E-state index in [1.165, 1.54) is 0 Å². The highest BCUT2D eigenvalue weighted by Gasteiger charge is 2.14. The van der Waals surface area contributed by atoms with Gasteiger partial charge in [0, 0.05) is 22.5 Å². The van der Waals surface area contributed by atoms with Crippen LogP contribution >= 0.6 is 11.6 Å². The van der Waals surface area contributed by atoms with Crippen LogP contribution in [-0.4, -0.2) is 43.5 Å². The lowest BCUT2D eigenvalue weighted by atomic mass is 10.2. The molecule has 2 rings (SSSR count). The summed E-state index contributed by atoms with van der Waals surface area (Å²) in [6.07, 6.45) is 0. The minimum absolute atomic E-state index is 0.112. The number of halogens is 1. The van der Waals surface area contributed by atoms with Crippen LogP contribution in [0.2, 0.25) is 5.02 Å². The van der Waals surface area contributed by atoms with Crippen molar-refractivity contribution in [3.05, 3.63) is 53.1 Å². The first kappa shape index (κ1) is 20.7. The number of carbonyl (C=O) groups excluding carboxylic acids is 2. The first-order valence-corrected chi connectivity index (χ1v) is 9.01. The number of nitrogens with one attached hydrogen (secondary N) is 2. The predicted molar refractivity (Wildman–Crippen MR) is 109 cm³/mol. The van der Waals surface area contributed by atoms with Gasteiger partial charge in [-0.2, -0.15) is 0 Å². The third-order valence-electron chi connectivity index (χ3n) is 4.00. The lowest BCUT2D eigenvalue weighted by molar-refractivity contribution is -0.119. The molecule has 0 aromatic heterocycles. The second kappa shape index (κ2) is 9.94. The van der Waals surface area contributed by atoms with Crippen molar-refractivity contribution in [3.8, 4) is 5.75 Å². The summed E-state index contributed by atoms with van der Waals surface area (Å²) in [5.74, 6) is 0.287. The van der Waals surface area contributed by atoms with Gasteiger partial charge in [0.25, 0.3) is 0 Å². The fourth-order valence-electron chi connectivity index (χ4n) is 2.54. The Labute approximate surface area is 164 Å². The van der Waals surface area contributed by atoms with Crippen molar-refractivity contribution in [3.63, 3.8) is 0 Å². The minimum atomic E-state index is -0.194. The number of likely N-dealkylation sites (N-methyl/N-ethyl adjacent to an activating group) is 1. The molecule has 2 N–H and O–H groups in total. The van der Waals surface area contributed by atoms with Crippen LogP contribution in [0.25, 0.3) is 0 Å². The third-order valence-corrected chi connectivity index (χ3v) is 4.23. The lowest BCUT2D eigenvalue weighted by Gasteiger charge is -2.20. The summed E-state index contributed by atoms with van der Waals surface area (Å²) in [6.45, 7) is 4.57. The van der Waals surface area contributed by atoms with Gasteiger partial charge in [-0.05, 0) is 49.4 Å². The molecule has 7 heteroatoms. The molecule has 0 heterocycles. The molecule has 0 aliphatic rings. The monoisotopic (exact) mass is 389 g/mol. The van der Waals surface area contributed by atoms with E-state index in [2.05, 4.69) is 10.6 Å². The number of amides is 2. The topological polar surface area (TPSA) is 70.7 Å². The summed E-state index contributed by atoms with van der Waals surface area (Å²) < 4.78 is 5.14. The standard InChI is InChI=1S/C20H24ClN3O3/c1-4-24(12-19(25)22-16-6-5-7-17(11-16)27-3)13-20(26)23-18-9-8-15(21)10-14(18)2/h5-11H,4,12-13H2,1-3H3,(H,22,25)(H,23,26). The van der Waals surface area contributed by atoms with E-state index < -0.39 is 0 Å². The molecule has 0 radical (unpaired) electrons. The summed E-state index contributed by atoms with van der Waals surface area (Å²) in [7, 11) is 1.57. The van der Waals surface area contributed by atoms with Crippen LogP contribution in [0.4, 0.5) is 11.4 Å². The van der Waals surface area contributed by atoms with E-state index >= 15 is 0 Å². The van der Waals surface area contributed by atoms with Crippen LogP contribution in [-0.2, 0) is 9.59 Å². The van der Waals surface area contributed by atoms with Gasteiger partial charge in [0.2, 0.25) is 11.8 Å². The van der Waals surface area contributed by atoms with Crippen LogP contribution < -0.4 is 15.4 Å². The maximum Gasteiger partial charge on any atom is 0.238 e. The average molecular weight is 390 g/mol. The molecular weight excluding hydrogens is 366 g/mol. The molecule has 0 aliphatic carbocycles. The Morgan fingerprint density at radius 2 is 1.78 bits per heavy atom. The zero-order chi connectivity index (χ0) is 19.8. The van der Waals surface area contributed by atoms with Gasteiger partial charge in [0.1, 0.15) is 5.75 Å². The molecule has 144 valence electrons. The normalized spacial score (nSPS) is 10.6. The molecule has 0 spiro atoms. The quantitative estimate of drug-likeness (QED) is 0.724. The van der Waals surface area contributed by atoms with Crippen molar-refractivity contribution in [2.75, 3.05) is 37.4 Å². The molecule has 0 saturated carbocycles. The SMILES string of the molecule is CCN(CC(=O)Nc1cccc(OC)c1)CC(=O)Nc1ccc(Cl)cc1C. The third kappa shape index (κ3) is 6.58. The number of hydrogen-bond donors (Lipinski definition) is 2. The summed E-state index contributed by atoms with van der Waals surface area (Å²) in [4.78, 5) is 26.3. The van der Waals surface area contributed by atoms with E-state index in [4.69, 9.17) is 16.3 Å². The predicted octanol–water partition coefficient (Wildman–Crippen LogP) is 3.56. The fraction of sp³-hybridized carbons (Fsp3) is 0.300. The zero-order valence-electron chi connectivity index (χ0n) is 15.7. The van der Waals surface area contributed by atoms with Crippen molar-refractivity contribution >= 4 is 34.8 Å². The van der Waals surface area contributed by atoms with Gasteiger partial charge in [0.05, 0.1) is 20.2 Å². The van der Waals surface area contributed by atoms with Gasteiger partial charge in [-0.3, -0.25) is 14.5 Å². The van der Waals surface area contributed by atoms with E-state index in [9.17, 15) is 9.59 Å². The first-order valence-electron chi connectivity index (χ1n) is 8.63. The van der Waals surface area contributed by atoms with Crippen molar-refractivity contribution in [1.29, 1.82) is 0 Å². The zero-order valence-corrected chi connectivity index (χ0v) is 16.5. The van der Waals surface area contributed by atoms with E-state index in [0.717, 1.165) is 5.56 Å². The Morgan fingerprint density at radius 1 is 1.07 bits per heavy atom. The molecule has 2 amide bonds. The van der Waals surface area contributed by atoms with Crippen molar-refractivity contribution in [2.24, 2.45) is 0 Å². The Kier molecular flexibility index (Phi) is 7.64. The van der Waals surface area contributed by atoms with E-state index in [1.54, 1.807) is 54.5 Å². The molecule has 0 unspecified atom stereocenters. The van der Waals surface area contributed by atoms with Gasteiger partial charge >= 0.3 is 0 Å². The van der Waals surface area contributed by atoms with Crippen LogP contribution in [0.3, 0.4) is 0 Å². The highest BCUT2D eigenvalue weighted by atomic mass is 35.5. The molecule has 2 aromatic carbocycles. The van der Waals surface area contributed by atoms with Gasteiger partial charge in [-0.1, -0.05) is 24.6 Å². The van der Waals surface area contributed by atoms with E-state index in [1.807, 2.05) is 13.8 Å². The molecular formula is C20H24ClN3O3. The molecule has 0 bridgehead atoms. The van der Waals surface area contributed by atoms with E-state index in [-0.39, 0.29) is 24.9 Å². The van der Waals surface area contributed by atoms with Crippen molar-refractivity contribution in [1.82, 2.24) is 4.90 Å². The number of aryl methyl sites for hydroxylation is 1. The van der Waals surface area contributed by atoms with Gasteiger partial charge in [-0.15, -0.1) is 0 Å². The second-order valence-electron chi connectivity index (χ2n) is 6.09. The van der Waals surface area contributed by atoms with Crippen LogP contribution in [0, 0.1) is 6.92 Å². The molecule has 0 aliphatic heterocycles. The maximum atomic E-state index is 12.3. The van der Waals surface area contributed by atoms with Gasteiger partial charge < -0.3 is 15.4 Å². The first-order chi connectivity index (χ1) is 12.9. The maximum absolute atomic E-state index is 12.3. The summed E-state index contributed by atoms with van der Waals surface area (Å²) >= 11 is 5.93. The smallest absolute Gasteiger partial charge is 0.238 e. The highest BCUT2D eigenvalue weighted by molar-refractivity contribution is 6.30. The van der Waals surface area contributed by atoms with Gasteiger partial charge in [-0.25, -0.2) is 0 Å². The summed E-state index contributed by atoms with van der Waals surface area (Å²) in [5.41, 5.74) is 2.24. The lowest BCUT2D eigenvalue weighted by Crippen LogP contribution is -2.38. The average Bonchev–Trinajstić information content (AvgIpc) is 2.63. The molecule has 0 fully saturated rings. The molecule has 0 atom stereocenters. The van der Waals surface area contributed by atoms with Crippen LogP contribution in [0.5, 0.6) is 5.75 Å². The largest absolute Gasteiger partial charge is 0.497 e. The number of benzene rings is 2. The molecule has 6 nitrogen and oxygen atoms in total. The van der Waals surface area contributed by atoms with Gasteiger partial charge in [0.15, 0.2) is 0 Å².